The number of benzene rings is 1. The van der Waals surface area contributed by atoms with E-state index >= 15 is 0 Å². The molecule has 5 heteroatoms. The van der Waals surface area contributed by atoms with Crippen molar-refractivity contribution in [2.75, 3.05) is 5.88 Å². The molecular weight excluding hydrogens is 258 g/mol. The lowest BCUT2D eigenvalue weighted by Crippen LogP contribution is -2.30. The third kappa shape index (κ3) is 2.48. The summed E-state index contributed by atoms with van der Waals surface area (Å²) in [6.45, 7) is 0.270. The van der Waals surface area contributed by atoms with Crippen LogP contribution in [-0.2, 0) is 6.54 Å². The highest BCUT2D eigenvalue weighted by Crippen LogP contribution is 2.10. The van der Waals surface area contributed by atoms with E-state index in [9.17, 15) is 9.59 Å². The molecule has 0 fully saturated rings. The predicted molar refractivity (Wildman–Crippen MR) is 72.2 cm³/mol. The maximum Gasteiger partial charge on any atom is 0.310 e. The zero-order valence-corrected chi connectivity index (χ0v) is 10.5. The summed E-state index contributed by atoms with van der Waals surface area (Å²) in [5, 5.41) is 0.580. The lowest BCUT2D eigenvalue weighted by Gasteiger charge is -2.01. The van der Waals surface area contributed by atoms with Crippen LogP contribution in [0.25, 0.3) is 10.1 Å². The summed E-state index contributed by atoms with van der Waals surface area (Å²) in [4.78, 5) is 23.6. The normalized spacial score (nSPS) is 11.4. The summed E-state index contributed by atoms with van der Waals surface area (Å²) in [7, 11) is 0. The van der Waals surface area contributed by atoms with Gasteiger partial charge in [0, 0.05) is 17.1 Å². The minimum atomic E-state index is -0.247. The first kappa shape index (κ1) is 12.1. The molecule has 0 bridgehead atoms. The highest BCUT2D eigenvalue weighted by atomic mass is 35.5. The molecule has 17 heavy (non-hydrogen) atoms. The molecule has 0 radical (unpaired) electrons. The third-order valence-corrected chi connectivity index (χ3v) is 3.47. The summed E-state index contributed by atoms with van der Waals surface area (Å²) in [6, 6.07) is 7.12. The molecule has 0 aliphatic rings. The van der Waals surface area contributed by atoms with Gasteiger partial charge in [-0.25, -0.2) is 0 Å². The first-order chi connectivity index (χ1) is 8.24. The van der Waals surface area contributed by atoms with Gasteiger partial charge in [0.1, 0.15) is 0 Å². The van der Waals surface area contributed by atoms with Crippen molar-refractivity contribution in [3.05, 3.63) is 56.4 Å². The molecule has 1 heterocycles. The summed E-state index contributed by atoms with van der Waals surface area (Å²) in [5.41, 5.74) is -0.247. The molecule has 0 aliphatic heterocycles. The van der Waals surface area contributed by atoms with Gasteiger partial charge in [-0.15, -0.1) is 11.6 Å². The number of allylic oxidation sites excluding steroid dienone is 2. The Bertz CT molecular complexity index is 672. The van der Waals surface area contributed by atoms with Crippen molar-refractivity contribution in [2.24, 2.45) is 0 Å². The molecule has 0 saturated heterocycles. The monoisotopic (exact) mass is 267 g/mol. The zero-order valence-electron chi connectivity index (χ0n) is 8.93. The molecule has 0 saturated carbocycles. The van der Waals surface area contributed by atoms with E-state index in [-0.39, 0.29) is 17.0 Å². The van der Waals surface area contributed by atoms with Crippen LogP contribution in [0, 0.1) is 0 Å². The van der Waals surface area contributed by atoms with Gasteiger partial charge in [0.15, 0.2) is 0 Å². The second-order valence-corrected chi connectivity index (χ2v) is 4.71. The van der Waals surface area contributed by atoms with Gasteiger partial charge in [0.2, 0.25) is 0 Å². The number of hydrogen-bond donors (Lipinski definition) is 0. The largest absolute Gasteiger partial charge is 0.310 e. The van der Waals surface area contributed by atoms with Crippen molar-refractivity contribution in [3.8, 4) is 0 Å². The van der Waals surface area contributed by atoms with E-state index in [1.807, 2.05) is 6.07 Å². The number of aromatic nitrogens is 1. The Balaban J connectivity index is 2.60. The first-order valence-electron chi connectivity index (χ1n) is 5.07. The van der Waals surface area contributed by atoms with Crippen LogP contribution in [-0.4, -0.2) is 10.4 Å². The lowest BCUT2D eigenvalue weighted by molar-refractivity contribution is 0.771. The van der Waals surface area contributed by atoms with Gasteiger partial charge in [0.05, 0.1) is 5.39 Å². The number of halogens is 1. The number of hydrogen-bond acceptors (Lipinski definition) is 3. The molecule has 2 aromatic rings. The van der Waals surface area contributed by atoms with Crippen LogP contribution >= 0.6 is 22.9 Å². The summed E-state index contributed by atoms with van der Waals surface area (Å²) in [6.07, 6.45) is 3.44. The molecule has 0 unspecified atom stereocenters. The minimum absolute atomic E-state index is 0.243. The molecule has 0 atom stereocenters. The highest BCUT2D eigenvalue weighted by Gasteiger charge is 2.05. The van der Waals surface area contributed by atoms with E-state index in [0.717, 1.165) is 16.0 Å². The standard InChI is InChI=1S/C12H10ClNO2S/c13-7-3-4-8-14-11(15)9-5-1-2-6-10(9)17-12(14)16/h1-6H,7-8H2/b4-3+. The van der Waals surface area contributed by atoms with Crippen LogP contribution in [0.2, 0.25) is 0 Å². The summed E-state index contributed by atoms with van der Waals surface area (Å²) >= 11 is 6.57. The second kappa shape index (κ2) is 5.29. The van der Waals surface area contributed by atoms with Gasteiger partial charge >= 0.3 is 4.87 Å². The van der Waals surface area contributed by atoms with Gasteiger partial charge in [-0.3, -0.25) is 14.2 Å². The van der Waals surface area contributed by atoms with Gasteiger partial charge in [0.25, 0.3) is 5.56 Å². The fourth-order valence-electron chi connectivity index (χ4n) is 1.51. The highest BCUT2D eigenvalue weighted by molar-refractivity contribution is 7.16. The van der Waals surface area contributed by atoms with Crippen molar-refractivity contribution in [1.82, 2.24) is 4.57 Å². The van der Waals surface area contributed by atoms with E-state index in [1.165, 1.54) is 4.57 Å². The van der Waals surface area contributed by atoms with Crippen molar-refractivity contribution >= 4 is 33.0 Å². The number of rotatable bonds is 3. The molecule has 3 nitrogen and oxygen atoms in total. The predicted octanol–water partition coefficient (Wildman–Crippen LogP) is 2.22. The Kier molecular flexibility index (Phi) is 3.76. The van der Waals surface area contributed by atoms with E-state index in [0.29, 0.717) is 11.3 Å². The van der Waals surface area contributed by atoms with Crippen LogP contribution in [0.5, 0.6) is 0 Å². The lowest BCUT2D eigenvalue weighted by atomic mass is 10.3. The summed E-state index contributed by atoms with van der Waals surface area (Å²) < 4.78 is 1.94. The smallest absolute Gasteiger partial charge is 0.269 e. The molecule has 0 N–H and O–H groups in total. The minimum Gasteiger partial charge on any atom is -0.269 e. The number of alkyl halides is 1. The zero-order chi connectivity index (χ0) is 12.3. The molecular formula is C12H10ClNO2S. The van der Waals surface area contributed by atoms with Crippen LogP contribution in [0.4, 0.5) is 0 Å². The Labute approximate surface area is 107 Å². The second-order valence-electron chi connectivity index (χ2n) is 3.41. The summed E-state index contributed by atoms with van der Waals surface area (Å²) in [5.74, 6) is 0.375. The fourth-order valence-corrected chi connectivity index (χ4v) is 2.50. The molecule has 1 aromatic heterocycles. The van der Waals surface area contributed by atoms with Gasteiger partial charge in [-0.05, 0) is 12.1 Å². The van der Waals surface area contributed by atoms with E-state index in [2.05, 4.69) is 0 Å². The average Bonchev–Trinajstić information content (AvgIpc) is 2.33. The van der Waals surface area contributed by atoms with Crippen LogP contribution < -0.4 is 10.4 Å². The van der Waals surface area contributed by atoms with Crippen molar-refractivity contribution < 1.29 is 0 Å². The van der Waals surface area contributed by atoms with Crippen molar-refractivity contribution in [1.29, 1.82) is 0 Å². The van der Waals surface area contributed by atoms with Gasteiger partial charge < -0.3 is 0 Å². The Hall–Kier alpha value is -1.39. The molecule has 0 spiro atoms. The fraction of sp³-hybridized carbons (Fsp3) is 0.167. The van der Waals surface area contributed by atoms with Crippen LogP contribution in [0.15, 0.2) is 46.0 Å². The Morgan fingerprint density at radius 1 is 1.24 bits per heavy atom. The molecule has 2 rings (SSSR count). The molecule has 1 aromatic carbocycles. The van der Waals surface area contributed by atoms with E-state index in [4.69, 9.17) is 11.6 Å². The molecule has 0 aliphatic carbocycles. The van der Waals surface area contributed by atoms with Crippen LogP contribution in [0.3, 0.4) is 0 Å². The molecule has 88 valence electrons. The third-order valence-electron chi connectivity index (χ3n) is 2.32. The average molecular weight is 268 g/mol. The van der Waals surface area contributed by atoms with Crippen LogP contribution in [0.1, 0.15) is 0 Å². The molecule has 0 amide bonds. The Morgan fingerprint density at radius 2 is 2.00 bits per heavy atom. The topological polar surface area (TPSA) is 39.1 Å². The maximum atomic E-state index is 12.0. The first-order valence-corrected chi connectivity index (χ1v) is 6.43. The van der Waals surface area contributed by atoms with Crippen molar-refractivity contribution in [3.63, 3.8) is 0 Å². The number of nitrogens with zero attached hydrogens (tertiary/aromatic N) is 1. The SMILES string of the molecule is O=c1sc2ccccc2c(=O)n1C/C=C/CCl. The quantitative estimate of drug-likeness (QED) is 0.632. The van der Waals surface area contributed by atoms with E-state index < -0.39 is 0 Å². The van der Waals surface area contributed by atoms with Gasteiger partial charge in [-0.1, -0.05) is 35.6 Å². The van der Waals surface area contributed by atoms with Crippen molar-refractivity contribution in [2.45, 2.75) is 6.54 Å². The van der Waals surface area contributed by atoms with Gasteiger partial charge in [-0.2, -0.15) is 0 Å². The maximum absolute atomic E-state index is 12.0. The Morgan fingerprint density at radius 3 is 2.76 bits per heavy atom. The number of fused-ring (bicyclic) bond motifs is 1. The van der Waals surface area contributed by atoms with E-state index in [1.54, 1.807) is 30.4 Å².